The van der Waals surface area contributed by atoms with Crippen LogP contribution >= 0.6 is 0 Å². The van der Waals surface area contributed by atoms with Gasteiger partial charge >= 0.3 is 0 Å². The molecule has 7 heteroatoms. The van der Waals surface area contributed by atoms with E-state index in [1.165, 1.54) is 12.1 Å². The van der Waals surface area contributed by atoms with Gasteiger partial charge in [-0.15, -0.1) is 0 Å². The zero-order chi connectivity index (χ0) is 22.9. The highest BCUT2D eigenvalue weighted by Gasteiger charge is 2.30. The number of sulfonamides is 1. The minimum atomic E-state index is -3.73. The van der Waals surface area contributed by atoms with Crippen LogP contribution in [0.3, 0.4) is 0 Å². The number of hydrogen-bond acceptors (Lipinski definition) is 4. The summed E-state index contributed by atoms with van der Waals surface area (Å²) in [6, 6.07) is 19.6. The maximum atomic E-state index is 12.8. The van der Waals surface area contributed by atoms with Crippen LogP contribution in [0.1, 0.15) is 23.6 Å². The summed E-state index contributed by atoms with van der Waals surface area (Å²) in [5.74, 6) is 0.305. The standard InChI is InChI=1S/C25H26N2O4S/c1-17-12-18(2)14-21(13-17)26-32(29,30)23-10-8-22(9-11-23)31-16-25(28)27-19(3)15-20-6-4-5-7-24(20)27/h4-14,19,26H,15-16H2,1-3H3. The molecule has 32 heavy (non-hydrogen) atoms. The third-order valence-corrected chi connectivity index (χ3v) is 6.84. The number of anilines is 2. The van der Waals surface area contributed by atoms with Crippen LogP contribution in [-0.4, -0.2) is 27.0 Å². The van der Waals surface area contributed by atoms with Gasteiger partial charge in [-0.05, 0) is 86.3 Å². The van der Waals surface area contributed by atoms with Crippen LogP contribution in [0.2, 0.25) is 0 Å². The lowest BCUT2D eigenvalue weighted by atomic mass is 10.1. The molecule has 0 saturated carbocycles. The lowest BCUT2D eigenvalue weighted by molar-refractivity contribution is -0.120. The summed E-state index contributed by atoms with van der Waals surface area (Å²) < 4.78 is 33.7. The Balaban J connectivity index is 1.41. The van der Waals surface area contributed by atoms with Crippen LogP contribution in [0, 0.1) is 13.8 Å². The molecule has 1 aliphatic rings. The normalized spacial score (nSPS) is 15.3. The monoisotopic (exact) mass is 450 g/mol. The van der Waals surface area contributed by atoms with Crippen LogP contribution < -0.4 is 14.4 Å². The Labute approximate surface area is 188 Å². The van der Waals surface area contributed by atoms with E-state index in [-0.39, 0.29) is 23.5 Å². The number of para-hydroxylation sites is 1. The van der Waals surface area contributed by atoms with Crippen LogP contribution in [0.15, 0.2) is 71.6 Å². The predicted molar refractivity (Wildman–Crippen MR) is 126 cm³/mol. The minimum absolute atomic E-state index is 0.0763. The number of aryl methyl sites for hydroxylation is 2. The molecule has 1 N–H and O–H groups in total. The molecule has 166 valence electrons. The molecule has 4 rings (SSSR count). The van der Waals surface area contributed by atoms with Gasteiger partial charge in [-0.1, -0.05) is 24.3 Å². The Morgan fingerprint density at radius 2 is 1.69 bits per heavy atom. The summed E-state index contributed by atoms with van der Waals surface area (Å²) >= 11 is 0. The summed E-state index contributed by atoms with van der Waals surface area (Å²) in [6.45, 7) is 5.73. The fourth-order valence-corrected chi connectivity index (χ4v) is 5.16. The first kappa shape index (κ1) is 21.9. The Morgan fingerprint density at radius 1 is 1.03 bits per heavy atom. The third kappa shape index (κ3) is 4.62. The van der Waals surface area contributed by atoms with Crippen molar-refractivity contribution < 1.29 is 17.9 Å². The minimum Gasteiger partial charge on any atom is -0.484 e. The average Bonchev–Trinajstić information content (AvgIpc) is 3.07. The van der Waals surface area contributed by atoms with Crippen LogP contribution in [0.5, 0.6) is 5.75 Å². The molecule has 3 aromatic carbocycles. The van der Waals surface area contributed by atoms with E-state index in [0.29, 0.717) is 11.4 Å². The number of amides is 1. The zero-order valence-corrected chi connectivity index (χ0v) is 19.1. The van der Waals surface area contributed by atoms with Crippen molar-refractivity contribution in [3.8, 4) is 5.75 Å². The Morgan fingerprint density at radius 3 is 2.38 bits per heavy atom. The van der Waals surface area contributed by atoms with Crippen LogP contribution in [0.25, 0.3) is 0 Å². The summed E-state index contributed by atoms with van der Waals surface area (Å²) in [7, 11) is -3.73. The molecule has 1 heterocycles. The van der Waals surface area contributed by atoms with E-state index in [9.17, 15) is 13.2 Å². The van der Waals surface area contributed by atoms with Crippen molar-refractivity contribution >= 4 is 27.3 Å². The fraction of sp³-hybridized carbons (Fsp3) is 0.240. The van der Waals surface area contributed by atoms with Gasteiger partial charge in [-0.25, -0.2) is 8.42 Å². The van der Waals surface area contributed by atoms with E-state index >= 15 is 0 Å². The lowest BCUT2D eigenvalue weighted by Crippen LogP contribution is -2.39. The van der Waals surface area contributed by atoms with Gasteiger partial charge in [0.05, 0.1) is 4.90 Å². The first-order chi connectivity index (χ1) is 15.2. The van der Waals surface area contributed by atoms with Crippen molar-refractivity contribution in [3.63, 3.8) is 0 Å². The van der Waals surface area contributed by atoms with E-state index < -0.39 is 10.0 Å². The summed E-state index contributed by atoms with van der Waals surface area (Å²) in [5.41, 5.74) is 4.55. The van der Waals surface area contributed by atoms with Gasteiger partial charge in [-0.2, -0.15) is 0 Å². The first-order valence-electron chi connectivity index (χ1n) is 10.5. The van der Waals surface area contributed by atoms with Gasteiger partial charge in [0.15, 0.2) is 6.61 Å². The average molecular weight is 451 g/mol. The van der Waals surface area contributed by atoms with E-state index in [4.69, 9.17) is 4.74 Å². The Kier molecular flexibility index (Phi) is 5.93. The largest absolute Gasteiger partial charge is 0.484 e. The number of fused-ring (bicyclic) bond motifs is 1. The second kappa shape index (κ2) is 8.67. The van der Waals surface area contributed by atoms with Crippen molar-refractivity contribution in [2.45, 2.75) is 38.1 Å². The lowest BCUT2D eigenvalue weighted by Gasteiger charge is -2.22. The predicted octanol–water partition coefficient (Wildman–Crippen LogP) is 4.46. The maximum Gasteiger partial charge on any atom is 0.265 e. The molecule has 0 aromatic heterocycles. The van der Waals surface area contributed by atoms with E-state index in [0.717, 1.165) is 28.8 Å². The molecule has 1 aliphatic heterocycles. The molecule has 1 unspecified atom stereocenters. The molecule has 0 fully saturated rings. The summed E-state index contributed by atoms with van der Waals surface area (Å²) in [4.78, 5) is 14.7. The van der Waals surface area contributed by atoms with Crippen LogP contribution in [-0.2, 0) is 21.2 Å². The molecule has 6 nitrogen and oxygen atoms in total. The molecule has 0 bridgehead atoms. The van der Waals surface area contributed by atoms with Gasteiger partial charge in [0.25, 0.3) is 15.9 Å². The van der Waals surface area contributed by atoms with Crippen molar-refractivity contribution in [2.24, 2.45) is 0 Å². The zero-order valence-electron chi connectivity index (χ0n) is 18.3. The second-order valence-corrected chi connectivity index (χ2v) is 9.87. The van der Waals surface area contributed by atoms with Crippen molar-refractivity contribution in [1.29, 1.82) is 0 Å². The molecule has 0 aliphatic carbocycles. The van der Waals surface area contributed by atoms with E-state index in [2.05, 4.69) is 4.72 Å². The van der Waals surface area contributed by atoms with E-state index in [1.807, 2.05) is 51.1 Å². The number of hydrogen-bond donors (Lipinski definition) is 1. The Hall–Kier alpha value is -3.32. The van der Waals surface area contributed by atoms with Gasteiger partial charge in [-0.3, -0.25) is 9.52 Å². The van der Waals surface area contributed by atoms with Gasteiger partial charge in [0.2, 0.25) is 0 Å². The number of rotatable bonds is 6. The quantitative estimate of drug-likeness (QED) is 0.602. The molecule has 1 amide bonds. The van der Waals surface area contributed by atoms with E-state index in [1.54, 1.807) is 29.2 Å². The summed E-state index contributed by atoms with van der Waals surface area (Å²) in [5, 5.41) is 0. The summed E-state index contributed by atoms with van der Waals surface area (Å²) in [6.07, 6.45) is 0.821. The highest BCUT2D eigenvalue weighted by molar-refractivity contribution is 7.92. The number of benzene rings is 3. The molecule has 0 spiro atoms. The van der Waals surface area contributed by atoms with Gasteiger partial charge in [0.1, 0.15) is 5.75 Å². The second-order valence-electron chi connectivity index (χ2n) is 8.19. The maximum absolute atomic E-state index is 12.8. The van der Waals surface area contributed by atoms with Crippen LogP contribution in [0.4, 0.5) is 11.4 Å². The molecular weight excluding hydrogens is 424 g/mol. The highest BCUT2D eigenvalue weighted by Crippen LogP contribution is 2.32. The van der Waals surface area contributed by atoms with Gasteiger partial charge < -0.3 is 9.64 Å². The number of carbonyl (C=O) groups excluding carboxylic acids is 1. The number of nitrogens with zero attached hydrogens (tertiary/aromatic N) is 1. The fourth-order valence-electron chi connectivity index (χ4n) is 4.12. The molecular formula is C25H26N2O4S. The smallest absolute Gasteiger partial charge is 0.265 e. The van der Waals surface area contributed by atoms with Crippen molar-refractivity contribution in [3.05, 3.63) is 83.4 Å². The topological polar surface area (TPSA) is 75.7 Å². The number of ether oxygens (including phenoxy) is 1. The number of nitrogens with one attached hydrogen (secondary N) is 1. The molecule has 1 atom stereocenters. The third-order valence-electron chi connectivity index (χ3n) is 5.45. The van der Waals surface area contributed by atoms with Crippen molar-refractivity contribution in [1.82, 2.24) is 0 Å². The molecule has 3 aromatic rings. The Bertz CT molecular complexity index is 1230. The number of carbonyl (C=O) groups is 1. The molecule has 0 radical (unpaired) electrons. The SMILES string of the molecule is Cc1cc(C)cc(NS(=O)(=O)c2ccc(OCC(=O)N3c4ccccc4CC3C)cc2)c1. The van der Waals surface area contributed by atoms with Gasteiger partial charge in [0, 0.05) is 17.4 Å². The highest BCUT2D eigenvalue weighted by atomic mass is 32.2. The first-order valence-corrected chi connectivity index (χ1v) is 12.0. The van der Waals surface area contributed by atoms with Crippen molar-refractivity contribution in [2.75, 3.05) is 16.2 Å². The molecule has 0 saturated heterocycles.